The van der Waals surface area contributed by atoms with E-state index in [-0.39, 0.29) is 5.75 Å². The van der Waals surface area contributed by atoms with Gasteiger partial charge in [0, 0.05) is 6.92 Å². The topological polar surface area (TPSA) is 46.5 Å². The number of esters is 1. The average Bonchev–Trinajstić information content (AvgIpc) is 2.35. The maximum Gasteiger partial charge on any atom is 0.459 e. The lowest BCUT2D eigenvalue weighted by molar-refractivity contribution is -0.361. The molecule has 3 nitrogen and oxygen atoms in total. The van der Waals surface area contributed by atoms with Gasteiger partial charge in [-0.3, -0.25) is 4.79 Å². The van der Waals surface area contributed by atoms with Crippen LogP contribution in [0.25, 0.3) is 0 Å². The van der Waals surface area contributed by atoms with E-state index in [0.717, 1.165) is 25.1 Å². The van der Waals surface area contributed by atoms with Gasteiger partial charge in [0.25, 0.3) is 0 Å². The molecular weight excluding hydrogens is 349 g/mol. The van der Waals surface area contributed by atoms with Crippen molar-refractivity contribution in [1.82, 2.24) is 0 Å². The highest BCUT2D eigenvalue weighted by molar-refractivity contribution is 5.69. The molecule has 0 aliphatic carbocycles. The first-order valence-electron chi connectivity index (χ1n) is 6.44. The summed E-state index contributed by atoms with van der Waals surface area (Å²) in [7, 11) is 0. The summed E-state index contributed by atoms with van der Waals surface area (Å²) >= 11 is 0. The van der Waals surface area contributed by atoms with E-state index in [1.165, 1.54) is 6.07 Å². The number of rotatable bonds is 5. The SMILES string of the molecule is CC(=O)Oc1cccc(C(C)(O)CC(F)(F)C(F)(F)C(F)(F)F)c1. The molecule has 10 heteroatoms. The van der Waals surface area contributed by atoms with Crippen molar-refractivity contribution in [2.45, 2.75) is 43.9 Å². The molecule has 24 heavy (non-hydrogen) atoms. The van der Waals surface area contributed by atoms with Crippen LogP contribution >= 0.6 is 0 Å². The van der Waals surface area contributed by atoms with E-state index in [1.54, 1.807) is 0 Å². The second-order valence-corrected chi connectivity index (χ2v) is 5.35. The van der Waals surface area contributed by atoms with Crippen LogP contribution in [0.3, 0.4) is 0 Å². The summed E-state index contributed by atoms with van der Waals surface area (Å²) in [6.45, 7) is 1.68. The molecule has 0 aliphatic rings. The molecule has 0 spiro atoms. The Bertz CT molecular complexity index is 609. The van der Waals surface area contributed by atoms with Gasteiger partial charge in [0.2, 0.25) is 0 Å². The van der Waals surface area contributed by atoms with Gasteiger partial charge in [-0.2, -0.15) is 30.7 Å². The van der Waals surface area contributed by atoms with E-state index in [4.69, 9.17) is 0 Å². The second kappa shape index (κ2) is 6.23. The summed E-state index contributed by atoms with van der Waals surface area (Å²) in [5.41, 5.74) is -3.16. The predicted molar refractivity (Wildman–Crippen MR) is 67.9 cm³/mol. The summed E-state index contributed by atoms with van der Waals surface area (Å²) in [6, 6.07) is 4.28. The molecule has 0 saturated carbocycles. The van der Waals surface area contributed by atoms with Crippen LogP contribution in [-0.4, -0.2) is 29.1 Å². The largest absolute Gasteiger partial charge is 0.459 e. The van der Waals surface area contributed by atoms with Crippen molar-refractivity contribution in [1.29, 1.82) is 0 Å². The lowest BCUT2D eigenvalue weighted by Gasteiger charge is -2.34. The summed E-state index contributed by atoms with van der Waals surface area (Å²) in [5.74, 6) is -12.9. The Morgan fingerprint density at radius 2 is 1.67 bits per heavy atom. The molecule has 0 heterocycles. The highest BCUT2D eigenvalue weighted by atomic mass is 19.4. The molecule has 1 aromatic rings. The van der Waals surface area contributed by atoms with E-state index in [1.807, 2.05) is 0 Å². The van der Waals surface area contributed by atoms with Crippen molar-refractivity contribution >= 4 is 5.97 Å². The lowest BCUT2D eigenvalue weighted by Crippen LogP contribution is -2.54. The Hall–Kier alpha value is -1.84. The van der Waals surface area contributed by atoms with E-state index < -0.39 is 41.6 Å². The fourth-order valence-electron chi connectivity index (χ4n) is 1.91. The highest BCUT2D eigenvalue weighted by Crippen LogP contribution is 2.50. The molecule has 1 aromatic carbocycles. The minimum Gasteiger partial charge on any atom is -0.427 e. The van der Waals surface area contributed by atoms with Crippen LogP contribution in [0.4, 0.5) is 30.7 Å². The Morgan fingerprint density at radius 3 is 2.12 bits per heavy atom. The zero-order chi connectivity index (χ0) is 19.0. The molecule has 0 bridgehead atoms. The normalized spacial score (nSPS) is 15.8. The van der Waals surface area contributed by atoms with Crippen LogP contribution in [0, 0.1) is 0 Å². The van der Waals surface area contributed by atoms with Gasteiger partial charge in [-0.1, -0.05) is 12.1 Å². The van der Waals surface area contributed by atoms with Crippen LogP contribution in [0.5, 0.6) is 5.75 Å². The minimum atomic E-state index is -6.48. The number of aliphatic hydroxyl groups is 1. The van der Waals surface area contributed by atoms with Crippen molar-refractivity contribution in [3.8, 4) is 5.75 Å². The smallest absolute Gasteiger partial charge is 0.427 e. The summed E-state index contributed by atoms with van der Waals surface area (Å²) < 4.78 is 93.9. The van der Waals surface area contributed by atoms with Crippen LogP contribution in [0.15, 0.2) is 24.3 Å². The molecule has 0 amide bonds. The molecule has 0 radical (unpaired) electrons. The first kappa shape index (κ1) is 20.2. The Kier molecular flexibility index (Phi) is 5.24. The predicted octanol–water partition coefficient (Wildman–Crippen LogP) is 4.04. The van der Waals surface area contributed by atoms with Crippen molar-refractivity contribution in [3.05, 3.63) is 29.8 Å². The van der Waals surface area contributed by atoms with E-state index in [2.05, 4.69) is 4.74 Å². The first-order chi connectivity index (χ1) is 10.6. The van der Waals surface area contributed by atoms with Gasteiger partial charge in [-0.15, -0.1) is 0 Å². The molecule has 0 aromatic heterocycles. The van der Waals surface area contributed by atoms with Gasteiger partial charge in [0.15, 0.2) is 0 Å². The van der Waals surface area contributed by atoms with E-state index in [9.17, 15) is 40.6 Å². The molecule has 1 unspecified atom stereocenters. The number of benzene rings is 1. The number of alkyl halides is 7. The van der Waals surface area contributed by atoms with Gasteiger partial charge < -0.3 is 9.84 Å². The lowest BCUT2D eigenvalue weighted by atomic mass is 9.87. The number of hydrogen-bond acceptors (Lipinski definition) is 3. The molecular formula is C14H13F7O3. The third-order valence-corrected chi connectivity index (χ3v) is 3.10. The summed E-state index contributed by atoms with van der Waals surface area (Å²) in [6.07, 6.45) is -8.68. The number of halogens is 7. The number of carbonyl (C=O) groups is 1. The molecule has 1 rings (SSSR count). The third-order valence-electron chi connectivity index (χ3n) is 3.10. The van der Waals surface area contributed by atoms with Gasteiger partial charge in [-0.05, 0) is 24.6 Å². The molecule has 1 N–H and O–H groups in total. The number of ether oxygens (including phenoxy) is 1. The zero-order valence-corrected chi connectivity index (χ0v) is 12.4. The Balaban J connectivity index is 3.15. The van der Waals surface area contributed by atoms with Crippen molar-refractivity contribution < 1.29 is 45.4 Å². The maximum atomic E-state index is 13.5. The summed E-state index contributed by atoms with van der Waals surface area (Å²) in [5, 5.41) is 9.99. The third kappa shape index (κ3) is 4.16. The second-order valence-electron chi connectivity index (χ2n) is 5.35. The van der Waals surface area contributed by atoms with Crippen molar-refractivity contribution in [2.75, 3.05) is 0 Å². The van der Waals surface area contributed by atoms with Gasteiger partial charge in [-0.25, -0.2) is 0 Å². The van der Waals surface area contributed by atoms with Crippen molar-refractivity contribution in [2.24, 2.45) is 0 Å². The standard InChI is InChI=1S/C14H13F7O3/c1-8(22)24-10-5-3-4-9(6-10)11(2,23)7-12(15,16)13(17,18)14(19,20)21/h3-6,23H,7H2,1-2H3. The average molecular weight is 362 g/mol. The van der Waals surface area contributed by atoms with E-state index in [0.29, 0.717) is 6.92 Å². The quantitative estimate of drug-likeness (QED) is 0.489. The molecule has 0 aliphatic heterocycles. The van der Waals surface area contributed by atoms with Gasteiger partial charge >= 0.3 is 24.0 Å². The maximum absolute atomic E-state index is 13.5. The molecule has 0 fully saturated rings. The number of carbonyl (C=O) groups excluding carboxylic acids is 1. The first-order valence-corrected chi connectivity index (χ1v) is 6.44. The van der Waals surface area contributed by atoms with Gasteiger partial charge in [0.05, 0.1) is 12.0 Å². The summed E-state index contributed by atoms with van der Waals surface area (Å²) in [4.78, 5) is 10.8. The van der Waals surface area contributed by atoms with Gasteiger partial charge in [0.1, 0.15) is 5.75 Å². The molecule has 1 atom stereocenters. The monoisotopic (exact) mass is 362 g/mol. The zero-order valence-electron chi connectivity index (χ0n) is 12.4. The molecule has 136 valence electrons. The van der Waals surface area contributed by atoms with Crippen LogP contribution in [-0.2, 0) is 10.4 Å². The highest BCUT2D eigenvalue weighted by Gasteiger charge is 2.73. The number of hydrogen-bond donors (Lipinski definition) is 1. The fourth-order valence-corrected chi connectivity index (χ4v) is 1.91. The molecule has 0 saturated heterocycles. The van der Waals surface area contributed by atoms with Crippen LogP contribution in [0.1, 0.15) is 25.8 Å². The van der Waals surface area contributed by atoms with Crippen LogP contribution in [0.2, 0.25) is 0 Å². The van der Waals surface area contributed by atoms with E-state index >= 15 is 0 Å². The minimum absolute atomic E-state index is 0.189. The van der Waals surface area contributed by atoms with Crippen LogP contribution < -0.4 is 4.74 Å². The fraction of sp³-hybridized carbons (Fsp3) is 0.500. The Labute approximate surface area is 132 Å². The Morgan fingerprint density at radius 1 is 1.12 bits per heavy atom. The van der Waals surface area contributed by atoms with Crippen molar-refractivity contribution in [3.63, 3.8) is 0 Å².